The first-order valence-corrected chi connectivity index (χ1v) is 9.42. The number of aryl methyl sites for hydroxylation is 1. The molecule has 136 valence electrons. The van der Waals surface area contributed by atoms with Crippen molar-refractivity contribution in [3.05, 3.63) is 73.3 Å². The smallest absolute Gasteiger partial charge is 0.156 e. The summed E-state index contributed by atoms with van der Waals surface area (Å²) in [5.41, 5.74) is 2.02. The van der Waals surface area contributed by atoms with Gasteiger partial charge in [0, 0.05) is 41.8 Å². The minimum Gasteiger partial charge on any atom is -0.368 e. The van der Waals surface area contributed by atoms with Gasteiger partial charge in [-0.15, -0.1) is 10.2 Å². The van der Waals surface area contributed by atoms with Crippen molar-refractivity contribution in [1.29, 1.82) is 0 Å². The molecule has 27 heavy (non-hydrogen) atoms. The van der Waals surface area contributed by atoms with Crippen molar-refractivity contribution in [2.45, 2.75) is 25.8 Å². The van der Waals surface area contributed by atoms with Gasteiger partial charge in [-0.25, -0.2) is 4.98 Å². The van der Waals surface area contributed by atoms with Crippen LogP contribution in [-0.2, 0) is 6.54 Å². The van der Waals surface area contributed by atoms with E-state index in [1.54, 1.807) is 0 Å². The lowest BCUT2D eigenvalue weighted by atomic mass is 10.0. The Morgan fingerprint density at radius 3 is 2.44 bits per heavy atom. The molecule has 0 aliphatic rings. The van der Waals surface area contributed by atoms with Crippen LogP contribution in [0.5, 0.6) is 0 Å². The molecule has 0 bridgehead atoms. The second-order valence-corrected chi connectivity index (χ2v) is 6.60. The number of hydrogen-bond acceptors (Lipinski definition) is 4. The van der Waals surface area contributed by atoms with Crippen LogP contribution >= 0.6 is 0 Å². The third-order valence-corrected chi connectivity index (χ3v) is 4.68. The molecule has 0 saturated heterocycles. The van der Waals surface area contributed by atoms with E-state index >= 15 is 0 Å². The number of fused-ring (bicyclic) bond motifs is 1. The molecule has 0 radical (unpaired) electrons. The van der Waals surface area contributed by atoms with E-state index in [0.717, 1.165) is 53.8 Å². The normalized spacial score (nSPS) is 11.0. The van der Waals surface area contributed by atoms with Crippen LogP contribution in [0.4, 0.5) is 5.82 Å². The minimum absolute atomic E-state index is 0.861. The molecular weight excluding hydrogens is 334 g/mol. The monoisotopic (exact) mass is 357 g/mol. The molecule has 4 rings (SSSR count). The molecular formula is C22H23N5. The third kappa shape index (κ3) is 4.14. The van der Waals surface area contributed by atoms with Crippen LogP contribution in [0.2, 0.25) is 0 Å². The molecule has 0 atom stereocenters. The number of rotatable bonds is 8. The highest BCUT2D eigenvalue weighted by atomic mass is 15.2. The second-order valence-electron chi connectivity index (χ2n) is 6.60. The molecule has 2 aromatic heterocycles. The Kier molecular flexibility index (Phi) is 5.39. The lowest BCUT2D eigenvalue weighted by Gasteiger charge is -2.11. The lowest BCUT2D eigenvalue weighted by molar-refractivity contribution is 0.595. The van der Waals surface area contributed by atoms with Gasteiger partial charge < -0.3 is 9.88 Å². The fourth-order valence-electron chi connectivity index (χ4n) is 3.27. The Balaban J connectivity index is 1.40. The van der Waals surface area contributed by atoms with Crippen LogP contribution in [0.3, 0.4) is 0 Å². The first-order chi connectivity index (χ1) is 13.4. The Morgan fingerprint density at radius 1 is 0.815 bits per heavy atom. The molecule has 2 heterocycles. The molecule has 4 aromatic rings. The Labute approximate surface area is 159 Å². The van der Waals surface area contributed by atoms with Gasteiger partial charge in [0.15, 0.2) is 5.82 Å². The number of nitrogens with one attached hydrogen (secondary N) is 1. The Hall–Kier alpha value is -3.21. The third-order valence-electron chi connectivity index (χ3n) is 4.68. The van der Waals surface area contributed by atoms with E-state index in [1.807, 2.05) is 36.9 Å². The largest absolute Gasteiger partial charge is 0.368 e. The van der Waals surface area contributed by atoms with Crippen molar-refractivity contribution in [3.8, 4) is 11.3 Å². The van der Waals surface area contributed by atoms with Gasteiger partial charge in [-0.1, -0.05) is 54.6 Å². The van der Waals surface area contributed by atoms with Gasteiger partial charge in [0.25, 0.3) is 0 Å². The molecule has 0 amide bonds. The van der Waals surface area contributed by atoms with Crippen LogP contribution in [-0.4, -0.2) is 26.3 Å². The average molecular weight is 357 g/mol. The minimum atomic E-state index is 0.861. The summed E-state index contributed by atoms with van der Waals surface area (Å²) in [6.07, 6.45) is 9.12. The van der Waals surface area contributed by atoms with Crippen LogP contribution in [0.15, 0.2) is 73.3 Å². The van der Waals surface area contributed by atoms with Crippen molar-refractivity contribution >= 4 is 16.6 Å². The lowest BCUT2D eigenvalue weighted by Crippen LogP contribution is -2.06. The first-order valence-electron chi connectivity index (χ1n) is 9.42. The maximum absolute atomic E-state index is 4.50. The highest BCUT2D eigenvalue weighted by molar-refractivity contribution is 5.99. The highest BCUT2D eigenvalue weighted by Gasteiger charge is 2.10. The molecule has 0 aliphatic heterocycles. The highest BCUT2D eigenvalue weighted by Crippen LogP contribution is 2.29. The number of unbranched alkanes of at least 4 members (excludes halogenated alkanes) is 2. The molecule has 0 aliphatic carbocycles. The van der Waals surface area contributed by atoms with Crippen LogP contribution < -0.4 is 5.32 Å². The fourth-order valence-corrected chi connectivity index (χ4v) is 3.27. The first kappa shape index (κ1) is 17.2. The number of nitrogens with zero attached hydrogens (tertiary/aromatic N) is 4. The summed E-state index contributed by atoms with van der Waals surface area (Å²) in [6, 6.07) is 18.5. The van der Waals surface area contributed by atoms with E-state index in [1.165, 1.54) is 6.42 Å². The van der Waals surface area contributed by atoms with Crippen LogP contribution in [0, 0.1) is 0 Å². The number of benzene rings is 2. The topological polar surface area (TPSA) is 55.6 Å². The maximum atomic E-state index is 4.50. The number of imidazole rings is 1. The number of anilines is 1. The fraction of sp³-hybridized carbons (Fsp3) is 0.227. The van der Waals surface area contributed by atoms with Gasteiger partial charge in [-0.05, 0) is 19.3 Å². The summed E-state index contributed by atoms with van der Waals surface area (Å²) in [6.45, 7) is 1.92. The maximum Gasteiger partial charge on any atom is 0.156 e. The second kappa shape index (κ2) is 8.45. The molecule has 1 N–H and O–H groups in total. The van der Waals surface area contributed by atoms with Crippen molar-refractivity contribution in [1.82, 2.24) is 19.7 Å². The standard InChI is InChI=1S/C22H23N5/c1-3-9-18(10-4-1)21-19-11-5-6-12-20(19)22(26-25-21)24-13-7-2-8-15-27-16-14-23-17-27/h1,3-6,9-12,14,16-17H,2,7-8,13,15H2,(H,24,26). The Bertz CT molecular complexity index is 980. The summed E-state index contributed by atoms with van der Waals surface area (Å²) >= 11 is 0. The zero-order chi connectivity index (χ0) is 18.3. The molecule has 2 aromatic carbocycles. The van der Waals surface area contributed by atoms with Crippen molar-refractivity contribution < 1.29 is 0 Å². The van der Waals surface area contributed by atoms with E-state index in [0.29, 0.717) is 0 Å². The van der Waals surface area contributed by atoms with E-state index in [-0.39, 0.29) is 0 Å². The molecule has 5 nitrogen and oxygen atoms in total. The summed E-state index contributed by atoms with van der Waals surface area (Å²) in [7, 11) is 0. The van der Waals surface area contributed by atoms with Crippen molar-refractivity contribution in [2.24, 2.45) is 0 Å². The number of aromatic nitrogens is 4. The Morgan fingerprint density at radius 2 is 1.63 bits per heavy atom. The summed E-state index contributed by atoms with van der Waals surface area (Å²) < 4.78 is 2.12. The quantitative estimate of drug-likeness (QED) is 0.461. The van der Waals surface area contributed by atoms with E-state index in [2.05, 4.69) is 61.5 Å². The molecule has 0 saturated carbocycles. The van der Waals surface area contributed by atoms with Gasteiger partial charge in [0.1, 0.15) is 5.69 Å². The van der Waals surface area contributed by atoms with Gasteiger partial charge in [-0.3, -0.25) is 0 Å². The van der Waals surface area contributed by atoms with Gasteiger partial charge in [0.2, 0.25) is 0 Å². The summed E-state index contributed by atoms with van der Waals surface area (Å²) in [5, 5.41) is 14.7. The van der Waals surface area contributed by atoms with Gasteiger partial charge >= 0.3 is 0 Å². The van der Waals surface area contributed by atoms with Crippen LogP contribution in [0.1, 0.15) is 19.3 Å². The van der Waals surface area contributed by atoms with E-state index in [9.17, 15) is 0 Å². The summed E-state index contributed by atoms with van der Waals surface area (Å²) in [4.78, 5) is 4.07. The summed E-state index contributed by atoms with van der Waals surface area (Å²) in [5.74, 6) is 0.861. The van der Waals surface area contributed by atoms with Crippen molar-refractivity contribution in [3.63, 3.8) is 0 Å². The molecule has 0 spiro atoms. The average Bonchev–Trinajstić information content (AvgIpc) is 3.25. The zero-order valence-electron chi connectivity index (χ0n) is 15.3. The molecule has 0 fully saturated rings. The van der Waals surface area contributed by atoms with E-state index < -0.39 is 0 Å². The predicted molar refractivity (Wildman–Crippen MR) is 110 cm³/mol. The molecule has 5 heteroatoms. The van der Waals surface area contributed by atoms with Gasteiger partial charge in [-0.2, -0.15) is 0 Å². The molecule has 0 unspecified atom stereocenters. The van der Waals surface area contributed by atoms with Crippen LogP contribution in [0.25, 0.3) is 22.0 Å². The van der Waals surface area contributed by atoms with E-state index in [4.69, 9.17) is 0 Å². The predicted octanol–water partition coefficient (Wildman–Crippen LogP) is 4.78. The van der Waals surface area contributed by atoms with Crippen molar-refractivity contribution in [2.75, 3.05) is 11.9 Å². The van der Waals surface area contributed by atoms with Gasteiger partial charge in [0.05, 0.1) is 6.33 Å². The zero-order valence-corrected chi connectivity index (χ0v) is 15.3. The number of hydrogen-bond donors (Lipinski definition) is 1. The SMILES string of the molecule is c1ccc(-c2nnc(NCCCCCn3ccnc3)c3ccccc23)cc1.